The van der Waals surface area contributed by atoms with Gasteiger partial charge in [-0.25, -0.2) is 4.52 Å². The van der Waals surface area contributed by atoms with Crippen LogP contribution in [-0.2, 0) is 0 Å². The molecule has 0 fully saturated rings. The van der Waals surface area contributed by atoms with Gasteiger partial charge in [-0.15, -0.1) is 0 Å². The van der Waals surface area contributed by atoms with Crippen molar-refractivity contribution in [3.05, 3.63) is 235 Å². The zero-order chi connectivity index (χ0) is 41.4. The zero-order valence-corrected chi connectivity index (χ0v) is 33.6. The molecular formula is C57H38N4O. The molecule has 0 radical (unpaired) electrons. The van der Waals surface area contributed by atoms with E-state index in [4.69, 9.17) is 19.9 Å². The van der Waals surface area contributed by atoms with E-state index < -0.39 is 0 Å². The molecule has 292 valence electrons. The Balaban J connectivity index is 1.02. The molecule has 62 heavy (non-hydrogen) atoms. The first-order chi connectivity index (χ1) is 30.7. The molecule has 5 heteroatoms. The van der Waals surface area contributed by atoms with Crippen LogP contribution in [0.2, 0.25) is 0 Å². The number of nitrogens with one attached hydrogen (secondary N) is 1. The second kappa shape index (κ2) is 15.6. The summed E-state index contributed by atoms with van der Waals surface area (Å²) in [5.41, 5.74) is 14.9. The monoisotopic (exact) mass is 794 g/mol. The number of furan rings is 1. The summed E-state index contributed by atoms with van der Waals surface area (Å²) in [6.07, 6.45) is 3.75. The van der Waals surface area contributed by atoms with Crippen molar-refractivity contribution < 1.29 is 4.42 Å². The van der Waals surface area contributed by atoms with E-state index in [9.17, 15) is 0 Å². The number of nitrogens with zero attached hydrogens (tertiary/aromatic N) is 3. The maximum atomic E-state index is 9.11. The Morgan fingerprint density at radius 1 is 0.532 bits per heavy atom. The van der Waals surface area contributed by atoms with E-state index in [1.807, 2.05) is 85.1 Å². The molecule has 0 saturated heterocycles. The van der Waals surface area contributed by atoms with E-state index in [1.54, 1.807) is 0 Å². The van der Waals surface area contributed by atoms with Crippen molar-refractivity contribution in [1.29, 1.82) is 5.41 Å². The van der Waals surface area contributed by atoms with Crippen LogP contribution in [0, 0.1) is 5.41 Å². The van der Waals surface area contributed by atoms with Crippen LogP contribution in [-0.4, -0.2) is 21.5 Å². The Morgan fingerprint density at radius 3 is 1.95 bits per heavy atom. The van der Waals surface area contributed by atoms with Crippen LogP contribution >= 0.6 is 0 Å². The van der Waals surface area contributed by atoms with Crippen LogP contribution in [0.4, 0.5) is 0 Å². The molecule has 5 nitrogen and oxygen atoms in total. The summed E-state index contributed by atoms with van der Waals surface area (Å²) in [5, 5.41) is 18.9. The number of rotatable bonds is 9. The molecule has 0 atom stereocenters. The molecule has 0 amide bonds. The molecule has 0 unspecified atom stereocenters. The van der Waals surface area contributed by atoms with Crippen molar-refractivity contribution in [3.63, 3.8) is 0 Å². The summed E-state index contributed by atoms with van der Waals surface area (Å²) in [6, 6.07) is 72.8. The van der Waals surface area contributed by atoms with Gasteiger partial charge in [0.2, 0.25) is 0 Å². The van der Waals surface area contributed by atoms with Gasteiger partial charge < -0.3 is 9.83 Å². The Labute approximate surface area is 358 Å². The third-order valence-electron chi connectivity index (χ3n) is 11.5. The minimum Gasteiger partial charge on any atom is -0.456 e. The van der Waals surface area contributed by atoms with Crippen molar-refractivity contribution in [1.82, 2.24) is 9.61 Å². The second-order valence-electron chi connectivity index (χ2n) is 15.4. The van der Waals surface area contributed by atoms with E-state index in [-0.39, 0.29) is 0 Å². The number of hydrogen-bond donors (Lipinski definition) is 1. The van der Waals surface area contributed by atoms with Crippen molar-refractivity contribution in [3.8, 4) is 44.8 Å². The molecule has 11 aromatic rings. The highest BCUT2D eigenvalue weighted by atomic mass is 16.3. The van der Waals surface area contributed by atoms with Gasteiger partial charge in [-0.05, 0) is 63.5 Å². The van der Waals surface area contributed by atoms with Gasteiger partial charge in [0.25, 0.3) is 0 Å². The van der Waals surface area contributed by atoms with Crippen molar-refractivity contribution in [2.24, 2.45) is 4.99 Å². The van der Waals surface area contributed by atoms with Crippen molar-refractivity contribution >= 4 is 55.9 Å². The largest absolute Gasteiger partial charge is 0.456 e. The average molecular weight is 795 g/mol. The number of allylic oxidation sites excluding steroid dienone is 1. The molecule has 0 aliphatic carbocycles. The number of pyridine rings is 1. The lowest BCUT2D eigenvalue weighted by Crippen LogP contribution is -1.96. The van der Waals surface area contributed by atoms with Gasteiger partial charge >= 0.3 is 0 Å². The van der Waals surface area contributed by atoms with Crippen LogP contribution in [0.25, 0.3) is 88.7 Å². The molecule has 1 N–H and O–H groups in total. The van der Waals surface area contributed by atoms with Gasteiger partial charge in [0.1, 0.15) is 16.9 Å². The highest BCUT2D eigenvalue weighted by Gasteiger charge is 2.21. The van der Waals surface area contributed by atoms with E-state index in [2.05, 4.69) is 144 Å². The van der Waals surface area contributed by atoms with Gasteiger partial charge in [-0.1, -0.05) is 188 Å². The van der Waals surface area contributed by atoms with Crippen LogP contribution in [0.15, 0.2) is 228 Å². The Bertz CT molecular complexity index is 3510. The van der Waals surface area contributed by atoms with Crippen molar-refractivity contribution in [2.45, 2.75) is 0 Å². The minimum absolute atomic E-state index is 0.380. The predicted octanol–water partition coefficient (Wildman–Crippen LogP) is 14.6. The first-order valence-corrected chi connectivity index (χ1v) is 20.7. The standard InChI is InChI=1S/C57H38N4O/c58-49(39-16-4-1-5-17-39)36-50(45-24-14-23-43(34-45)46-27-15-29-53-55(46)48-26-12-13-28-52(48)62-53)59-37-38-30-32-41(33-31-38)54-56(42-20-8-3-9-21-42)60-61-51(40-18-6-2-7-19-40)35-44-22-10-11-25-47(44)57(54)61/h1-37,58H/b50-36-,58-49?,59-37?. The van der Waals surface area contributed by atoms with E-state index >= 15 is 0 Å². The van der Waals surface area contributed by atoms with Crippen LogP contribution in [0.1, 0.15) is 16.7 Å². The maximum absolute atomic E-state index is 9.11. The minimum atomic E-state index is 0.380. The lowest BCUT2D eigenvalue weighted by molar-refractivity contribution is 0.669. The van der Waals surface area contributed by atoms with Gasteiger partial charge in [0.15, 0.2) is 0 Å². The summed E-state index contributed by atoms with van der Waals surface area (Å²) < 4.78 is 8.36. The smallest absolute Gasteiger partial charge is 0.136 e. The fourth-order valence-corrected chi connectivity index (χ4v) is 8.55. The van der Waals surface area contributed by atoms with Gasteiger partial charge in [-0.3, -0.25) is 4.99 Å². The lowest BCUT2D eigenvalue weighted by atomic mass is 9.96. The fourth-order valence-electron chi connectivity index (χ4n) is 8.55. The normalized spacial score (nSPS) is 12.0. The number of fused-ring (bicyclic) bond motifs is 6. The Hall–Kier alpha value is -8.41. The Morgan fingerprint density at radius 2 is 1.16 bits per heavy atom. The van der Waals surface area contributed by atoms with Crippen molar-refractivity contribution in [2.75, 3.05) is 0 Å². The molecule has 3 aromatic heterocycles. The first kappa shape index (κ1) is 36.7. The number of aromatic nitrogens is 2. The first-order valence-electron chi connectivity index (χ1n) is 20.7. The van der Waals surface area contributed by atoms with Gasteiger partial charge in [0.05, 0.1) is 22.6 Å². The van der Waals surface area contributed by atoms with Crippen LogP contribution in [0.5, 0.6) is 0 Å². The average Bonchev–Trinajstić information content (AvgIpc) is 3.94. The van der Waals surface area contributed by atoms with Crippen LogP contribution in [0.3, 0.4) is 0 Å². The summed E-state index contributed by atoms with van der Waals surface area (Å²) in [4.78, 5) is 5.12. The second-order valence-corrected chi connectivity index (χ2v) is 15.4. The number of hydrogen-bond acceptors (Lipinski definition) is 4. The molecule has 3 heterocycles. The highest BCUT2D eigenvalue weighted by molar-refractivity contribution is 6.14. The molecular weight excluding hydrogens is 757 g/mol. The zero-order valence-electron chi connectivity index (χ0n) is 33.6. The van der Waals surface area contributed by atoms with E-state index in [0.29, 0.717) is 11.4 Å². The molecule has 0 aliphatic heterocycles. The quantitative estimate of drug-likeness (QED) is 0.148. The molecule has 8 aromatic carbocycles. The number of para-hydroxylation sites is 1. The van der Waals surface area contributed by atoms with E-state index in [0.717, 1.165) is 99.7 Å². The summed E-state index contributed by atoms with van der Waals surface area (Å²) in [6.45, 7) is 0. The molecule has 0 spiro atoms. The molecule has 0 bridgehead atoms. The topological polar surface area (TPSA) is 66.7 Å². The van der Waals surface area contributed by atoms with Crippen LogP contribution < -0.4 is 0 Å². The summed E-state index contributed by atoms with van der Waals surface area (Å²) >= 11 is 0. The third kappa shape index (κ3) is 6.68. The highest BCUT2D eigenvalue weighted by Crippen LogP contribution is 2.41. The van der Waals surface area contributed by atoms with E-state index in [1.165, 1.54) is 0 Å². The fraction of sp³-hybridized carbons (Fsp3) is 0. The van der Waals surface area contributed by atoms with Gasteiger partial charge in [-0.2, -0.15) is 5.10 Å². The molecule has 11 rings (SSSR count). The lowest BCUT2D eigenvalue weighted by Gasteiger charge is -2.11. The summed E-state index contributed by atoms with van der Waals surface area (Å²) in [5.74, 6) is 0. The number of aliphatic imine (C=N–C) groups is 1. The third-order valence-corrected chi connectivity index (χ3v) is 11.5. The number of benzene rings is 8. The van der Waals surface area contributed by atoms with Gasteiger partial charge in [0, 0.05) is 44.6 Å². The molecule has 0 saturated carbocycles. The molecule has 0 aliphatic rings. The SMILES string of the molecule is N=C(/C=C(\N=Cc1ccc(-c2c(-c3ccccc3)nn3c(-c4ccccc4)cc4ccccc4c23)cc1)c1cccc(-c2cccc3oc4ccccc4c23)c1)c1ccccc1. The summed E-state index contributed by atoms with van der Waals surface area (Å²) in [7, 11) is 0. The predicted molar refractivity (Wildman–Crippen MR) is 257 cm³/mol. The Kier molecular flexibility index (Phi) is 9.25. The maximum Gasteiger partial charge on any atom is 0.136 e.